The molecule has 0 saturated heterocycles. The van der Waals surface area contributed by atoms with Gasteiger partial charge in [0.1, 0.15) is 0 Å². The second kappa shape index (κ2) is 6.66. The summed E-state index contributed by atoms with van der Waals surface area (Å²) in [4.78, 5) is 1.16. The van der Waals surface area contributed by atoms with Gasteiger partial charge in [0, 0.05) is 17.7 Å². The molecule has 0 radical (unpaired) electrons. The van der Waals surface area contributed by atoms with E-state index in [2.05, 4.69) is 12.0 Å². The number of benzene rings is 1. The largest absolute Gasteiger partial charge is 0.389 e. The Labute approximate surface area is 129 Å². The molecule has 0 aliphatic heterocycles. The molecule has 1 aromatic carbocycles. The molecule has 1 unspecified atom stereocenters. The molecule has 0 aliphatic carbocycles. The van der Waals surface area contributed by atoms with Crippen LogP contribution < -0.4 is 0 Å². The number of thioether (sulfide) groups is 1. The molecule has 2 rings (SSSR count). The molecule has 108 valence electrons. The lowest BCUT2D eigenvalue weighted by Gasteiger charge is -2.06. The average Bonchev–Trinajstić information content (AvgIpc) is 2.71. The minimum atomic E-state index is -0.423. The topological polar surface area (TPSA) is 38.0 Å². The van der Waals surface area contributed by atoms with Crippen molar-refractivity contribution in [2.45, 2.75) is 37.0 Å². The van der Waals surface area contributed by atoms with Crippen molar-refractivity contribution in [1.82, 2.24) is 9.78 Å². The first-order valence-electron chi connectivity index (χ1n) is 6.64. The molecule has 1 N–H and O–H groups in total. The molecule has 1 heterocycles. The third kappa shape index (κ3) is 3.37. The Morgan fingerprint density at radius 2 is 2.00 bits per heavy atom. The van der Waals surface area contributed by atoms with Crippen molar-refractivity contribution >= 4 is 23.4 Å². The van der Waals surface area contributed by atoms with Crippen molar-refractivity contribution in [2.24, 2.45) is 7.05 Å². The monoisotopic (exact) mass is 310 g/mol. The van der Waals surface area contributed by atoms with Gasteiger partial charge in [-0.15, -0.1) is 11.8 Å². The number of aromatic nitrogens is 2. The number of aryl methyl sites for hydroxylation is 2. The lowest BCUT2D eigenvalue weighted by Crippen LogP contribution is -1.97. The number of aliphatic hydroxyl groups is 1. The summed E-state index contributed by atoms with van der Waals surface area (Å²) >= 11 is 8.05. The normalized spacial score (nSPS) is 12.7. The van der Waals surface area contributed by atoms with E-state index in [4.69, 9.17) is 11.6 Å². The molecular formula is C15H19ClN2OS. The van der Waals surface area contributed by atoms with Crippen molar-refractivity contribution in [3.63, 3.8) is 0 Å². The highest BCUT2D eigenvalue weighted by atomic mass is 35.5. The van der Waals surface area contributed by atoms with Gasteiger partial charge in [0.15, 0.2) is 0 Å². The van der Waals surface area contributed by atoms with E-state index < -0.39 is 6.10 Å². The molecule has 5 heteroatoms. The maximum atomic E-state index is 9.49. The van der Waals surface area contributed by atoms with Crippen LogP contribution in [-0.4, -0.2) is 14.9 Å². The Hall–Kier alpha value is -0.970. The van der Waals surface area contributed by atoms with Gasteiger partial charge in [0.05, 0.1) is 22.5 Å². The molecular weight excluding hydrogens is 292 g/mol. The van der Waals surface area contributed by atoms with Gasteiger partial charge >= 0.3 is 0 Å². The van der Waals surface area contributed by atoms with Crippen LogP contribution in [0.1, 0.15) is 36.9 Å². The summed E-state index contributed by atoms with van der Waals surface area (Å²) in [5.41, 5.74) is 2.93. The average molecular weight is 311 g/mol. The zero-order valence-corrected chi connectivity index (χ0v) is 13.5. The molecule has 0 bridgehead atoms. The lowest BCUT2D eigenvalue weighted by molar-refractivity contribution is 0.199. The summed E-state index contributed by atoms with van der Waals surface area (Å²) < 4.78 is 1.86. The van der Waals surface area contributed by atoms with E-state index in [1.807, 2.05) is 36.0 Å². The molecule has 0 amide bonds. The Kier molecular flexibility index (Phi) is 5.13. The Morgan fingerprint density at radius 1 is 1.35 bits per heavy atom. The summed E-state index contributed by atoms with van der Waals surface area (Å²) in [5, 5.41) is 14.7. The molecule has 0 aliphatic rings. The van der Waals surface area contributed by atoms with Crippen molar-refractivity contribution in [2.75, 3.05) is 0 Å². The summed E-state index contributed by atoms with van der Waals surface area (Å²) in [5.74, 6) is 0.788. The lowest BCUT2D eigenvalue weighted by atomic mass is 10.1. The van der Waals surface area contributed by atoms with E-state index in [1.54, 1.807) is 18.7 Å². The second-order valence-electron chi connectivity index (χ2n) is 4.72. The van der Waals surface area contributed by atoms with Crippen LogP contribution in [0.2, 0.25) is 5.02 Å². The maximum Gasteiger partial charge on any atom is 0.0858 e. The Morgan fingerprint density at radius 3 is 2.50 bits per heavy atom. The van der Waals surface area contributed by atoms with E-state index in [-0.39, 0.29) is 0 Å². The predicted octanol–water partition coefficient (Wildman–Crippen LogP) is 3.98. The number of halogens is 1. The highest BCUT2D eigenvalue weighted by Crippen LogP contribution is 2.29. The maximum absolute atomic E-state index is 9.49. The number of aliphatic hydroxyl groups excluding tert-OH is 1. The molecule has 0 saturated carbocycles. The van der Waals surface area contributed by atoms with Crippen molar-refractivity contribution in [3.8, 4) is 0 Å². The van der Waals surface area contributed by atoms with E-state index in [1.165, 1.54) is 0 Å². The van der Waals surface area contributed by atoms with E-state index >= 15 is 0 Å². The number of hydrogen-bond acceptors (Lipinski definition) is 3. The van der Waals surface area contributed by atoms with E-state index in [9.17, 15) is 5.11 Å². The van der Waals surface area contributed by atoms with Gasteiger partial charge in [-0.1, -0.05) is 30.7 Å². The van der Waals surface area contributed by atoms with Crippen LogP contribution in [0.5, 0.6) is 0 Å². The fraction of sp³-hybridized carbons (Fsp3) is 0.400. The summed E-state index contributed by atoms with van der Waals surface area (Å²) in [6, 6.07) is 7.96. The molecule has 2 aromatic rings. The molecule has 1 aromatic heterocycles. The van der Waals surface area contributed by atoms with Crippen LogP contribution in [-0.2, 0) is 19.2 Å². The Balaban J connectivity index is 2.07. The fourth-order valence-electron chi connectivity index (χ4n) is 1.97. The molecule has 3 nitrogen and oxygen atoms in total. The van der Waals surface area contributed by atoms with Crippen LogP contribution >= 0.6 is 23.4 Å². The quantitative estimate of drug-likeness (QED) is 0.849. The van der Waals surface area contributed by atoms with Crippen molar-refractivity contribution in [1.29, 1.82) is 0 Å². The minimum Gasteiger partial charge on any atom is -0.389 e. The van der Waals surface area contributed by atoms with Crippen LogP contribution in [0.4, 0.5) is 0 Å². The van der Waals surface area contributed by atoms with Gasteiger partial charge in [0.2, 0.25) is 0 Å². The van der Waals surface area contributed by atoms with Gasteiger partial charge in [0.25, 0.3) is 0 Å². The number of nitrogens with zero attached hydrogens (tertiary/aromatic N) is 2. The first-order chi connectivity index (χ1) is 9.52. The van der Waals surface area contributed by atoms with Crippen molar-refractivity contribution < 1.29 is 5.11 Å². The number of hydrogen-bond donors (Lipinski definition) is 1. The van der Waals surface area contributed by atoms with Gasteiger partial charge in [-0.2, -0.15) is 5.10 Å². The first kappa shape index (κ1) is 15.4. The summed E-state index contributed by atoms with van der Waals surface area (Å²) in [6.45, 7) is 3.82. The van der Waals surface area contributed by atoms with E-state index in [0.29, 0.717) is 0 Å². The van der Waals surface area contributed by atoms with Crippen LogP contribution in [0.25, 0.3) is 0 Å². The SMILES string of the molecule is CCc1nn(C)c(CSc2ccc(C(C)O)cc2)c1Cl. The molecule has 20 heavy (non-hydrogen) atoms. The van der Waals surface area contributed by atoms with Crippen LogP contribution in [0.3, 0.4) is 0 Å². The third-order valence-corrected chi connectivity index (χ3v) is 4.70. The van der Waals surface area contributed by atoms with Gasteiger partial charge < -0.3 is 5.11 Å². The van der Waals surface area contributed by atoms with E-state index in [0.717, 1.165) is 39.0 Å². The standard InChI is InChI=1S/C15H19ClN2OS/c1-4-13-15(16)14(18(3)17-13)9-20-12-7-5-11(6-8-12)10(2)19/h5-8,10,19H,4,9H2,1-3H3. The third-order valence-electron chi connectivity index (χ3n) is 3.24. The first-order valence-corrected chi connectivity index (χ1v) is 8.00. The minimum absolute atomic E-state index is 0.423. The zero-order chi connectivity index (χ0) is 14.7. The summed E-state index contributed by atoms with van der Waals surface area (Å²) in [6.07, 6.45) is 0.424. The molecule has 0 spiro atoms. The second-order valence-corrected chi connectivity index (χ2v) is 6.14. The van der Waals surface area contributed by atoms with Crippen LogP contribution in [0, 0.1) is 0 Å². The number of rotatable bonds is 5. The summed E-state index contributed by atoms with van der Waals surface area (Å²) in [7, 11) is 1.93. The molecule has 1 atom stereocenters. The predicted molar refractivity (Wildman–Crippen MR) is 84.2 cm³/mol. The Bertz CT molecular complexity index is 578. The molecule has 0 fully saturated rings. The fourth-order valence-corrected chi connectivity index (χ4v) is 3.37. The van der Waals surface area contributed by atoms with Gasteiger partial charge in [-0.25, -0.2) is 0 Å². The zero-order valence-electron chi connectivity index (χ0n) is 11.9. The highest BCUT2D eigenvalue weighted by molar-refractivity contribution is 7.98. The highest BCUT2D eigenvalue weighted by Gasteiger charge is 2.13. The van der Waals surface area contributed by atoms with Crippen LogP contribution in [0.15, 0.2) is 29.2 Å². The smallest absolute Gasteiger partial charge is 0.0858 e. The van der Waals surface area contributed by atoms with Gasteiger partial charge in [-0.05, 0) is 31.0 Å². The van der Waals surface area contributed by atoms with Crippen molar-refractivity contribution in [3.05, 3.63) is 46.2 Å². The van der Waals surface area contributed by atoms with Gasteiger partial charge in [-0.3, -0.25) is 4.68 Å².